The molecule has 1 aromatic heterocycles. The van der Waals surface area contributed by atoms with E-state index in [1.807, 2.05) is 55.5 Å². The number of hydrogen-bond donors (Lipinski definition) is 1. The summed E-state index contributed by atoms with van der Waals surface area (Å²) in [6, 6.07) is 23.0. The summed E-state index contributed by atoms with van der Waals surface area (Å²) in [6.45, 7) is 2.04. The van der Waals surface area contributed by atoms with Crippen LogP contribution in [-0.2, 0) is 11.2 Å². The lowest BCUT2D eigenvalue weighted by Gasteiger charge is -2.18. The number of benzene rings is 3. The Morgan fingerprint density at radius 1 is 1.03 bits per heavy atom. The molecule has 4 aromatic rings. The lowest BCUT2D eigenvalue weighted by Crippen LogP contribution is -2.23. The van der Waals surface area contributed by atoms with Crippen LogP contribution in [-0.4, -0.2) is 11.1 Å². The molecule has 0 spiro atoms. The summed E-state index contributed by atoms with van der Waals surface area (Å²) < 4.78 is 4.64. The summed E-state index contributed by atoms with van der Waals surface area (Å²) in [7, 11) is 0. The maximum Gasteiger partial charge on any atom is 0.366 e. The van der Waals surface area contributed by atoms with Gasteiger partial charge in [-0.2, -0.15) is 0 Å². The molecule has 1 atom stereocenters. The molecule has 0 aliphatic heterocycles. The predicted octanol–water partition coefficient (Wildman–Crippen LogP) is 4.46. The van der Waals surface area contributed by atoms with E-state index in [9.17, 15) is 9.59 Å². The quantitative estimate of drug-likeness (QED) is 0.551. The lowest BCUT2D eigenvalue weighted by atomic mass is 9.90. The zero-order chi connectivity index (χ0) is 20.2. The van der Waals surface area contributed by atoms with Crippen LogP contribution in [0, 0.1) is 6.92 Å². The van der Waals surface area contributed by atoms with E-state index >= 15 is 0 Å². The number of nitrogens with zero attached hydrogens (tertiary/aromatic N) is 1. The van der Waals surface area contributed by atoms with Crippen LogP contribution in [0.1, 0.15) is 22.6 Å². The molecule has 0 bridgehead atoms. The minimum Gasteiger partial charge on any atom is -0.326 e. The highest BCUT2D eigenvalue weighted by Gasteiger charge is 2.21. The molecule has 5 nitrogen and oxygen atoms in total. The number of aromatic nitrogens is 1. The topological polar surface area (TPSA) is 72.2 Å². The minimum absolute atomic E-state index is 0.104. The van der Waals surface area contributed by atoms with Crippen LogP contribution in [0.4, 0.5) is 5.69 Å². The van der Waals surface area contributed by atoms with Crippen molar-refractivity contribution in [3.63, 3.8) is 0 Å². The third kappa shape index (κ3) is 4.24. The second-order valence-electron chi connectivity index (χ2n) is 7.06. The van der Waals surface area contributed by atoms with Gasteiger partial charge in [0.1, 0.15) is 0 Å². The largest absolute Gasteiger partial charge is 0.366 e. The molecule has 0 fully saturated rings. The predicted molar refractivity (Wildman–Crippen MR) is 113 cm³/mol. The molecule has 5 heteroatoms. The monoisotopic (exact) mass is 384 g/mol. The van der Waals surface area contributed by atoms with Crippen molar-refractivity contribution in [3.8, 4) is 0 Å². The molecule has 0 radical (unpaired) electrons. The number of carbonyl (C=O) groups excluding carboxylic acids is 1. The molecule has 144 valence electrons. The third-order valence-corrected chi connectivity index (χ3v) is 4.91. The highest BCUT2D eigenvalue weighted by molar-refractivity contribution is 5.98. The highest BCUT2D eigenvalue weighted by Crippen LogP contribution is 2.24. The molecular formula is C24H20N2O3. The molecule has 0 aliphatic rings. The van der Waals surface area contributed by atoms with Gasteiger partial charge in [0.05, 0.1) is 17.5 Å². The molecule has 0 saturated carbocycles. The number of nitrogens with one attached hydrogen (secondary N) is 1. The van der Waals surface area contributed by atoms with Crippen LogP contribution < -0.4 is 10.9 Å². The van der Waals surface area contributed by atoms with Gasteiger partial charge >= 0.3 is 5.63 Å². The first-order chi connectivity index (χ1) is 14.1. The van der Waals surface area contributed by atoms with Gasteiger partial charge in [-0.1, -0.05) is 65.3 Å². The first-order valence-electron chi connectivity index (χ1n) is 9.40. The molecule has 1 N–H and O–H groups in total. The number of rotatable bonds is 5. The summed E-state index contributed by atoms with van der Waals surface area (Å²) in [5.41, 5.74) is 3.33. The summed E-state index contributed by atoms with van der Waals surface area (Å²) in [5, 5.41) is 7.61. The van der Waals surface area contributed by atoms with E-state index in [-0.39, 0.29) is 11.8 Å². The molecule has 1 heterocycles. The molecular weight excluding hydrogens is 364 g/mol. The highest BCUT2D eigenvalue weighted by atomic mass is 16.5. The Bertz CT molecular complexity index is 1220. The van der Waals surface area contributed by atoms with Crippen LogP contribution in [0.5, 0.6) is 0 Å². The van der Waals surface area contributed by atoms with Gasteiger partial charge in [0.15, 0.2) is 0 Å². The molecule has 3 aromatic carbocycles. The van der Waals surface area contributed by atoms with Crippen molar-refractivity contribution >= 4 is 22.4 Å². The van der Waals surface area contributed by atoms with E-state index in [4.69, 9.17) is 0 Å². The summed E-state index contributed by atoms with van der Waals surface area (Å²) in [5.74, 6) is -0.444. The molecule has 1 unspecified atom stereocenters. The Balaban J connectivity index is 1.63. The summed E-state index contributed by atoms with van der Waals surface area (Å²) in [4.78, 5) is 24.9. The van der Waals surface area contributed by atoms with Gasteiger partial charge in [-0.15, -0.1) is 0 Å². The number of hydrogen-bond acceptors (Lipinski definition) is 4. The van der Waals surface area contributed by atoms with Gasteiger partial charge in [-0.25, -0.2) is 4.79 Å². The number of carbonyl (C=O) groups is 1. The summed E-state index contributed by atoms with van der Waals surface area (Å²) in [6.07, 6.45) is 2.06. The van der Waals surface area contributed by atoms with Crippen molar-refractivity contribution in [1.82, 2.24) is 5.16 Å². The average molecular weight is 384 g/mol. The first-order valence-corrected chi connectivity index (χ1v) is 9.40. The van der Waals surface area contributed by atoms with Gasteiger partial charge in [0.2, 0.25) is 5.91 Å². The Morgan fingerprint density at radius 2 is 1.86 bits per heavy atom. The normalized spacial score (nSPS) is 11.9. The zero-order valence-electron chi connectivity index (χ0n) is 16.0. The van der Waals surface area contributed by atoms with E-state index in [1.165, 1.54) is 6.20 Å². The fraction of sp³-hybridized carbons (Fsp3) is 0.125. The first kappa shape index (κ1) is 18.6. The molecule has 29 heavy (non-hydrogen) atoms. The van der Waals surface area contributed by atoms with Crippen LogP contribution in [0.2, 0.25) is 0 Å². The minimum atomic E-state index is -0.498. The van der Waals surface area contributed by atoms with E-state index in [0.717, 1.165) is 16.7 Å². The fourth-order valence-electron chi connectivity index (χ4n) is 3.46. The second kappa shape index (κ2) is 8.10. The number of anilines is 1. The Morgan fingerprint density at radius 3 is 2.66 bits per heavy atom. The molecule has 0 aliphatic carbocycles. The van der Waals surface area contributed by atoms with Crippen molar-refractivity contribution < 1.29 is 9.32 Å². The zero-order valence-corrected chi connectivity index (χ0v) is 16.0. The Labute approximate surface area is 168 Å². The van der Waals surface area contributed by atoms with Crippen LogP contribution in [0.3, 0.4) is 0 Å². The maximum atomic E-state index is 13.2. The maximum absolute atomic E-state index is 13.2. The van der Waals surface area contributed by atoms with Crippen molar-refractivity contribution in [2.75, 3.05) is 5.32 Å². The van der Waals surface area contributed by atoms with Gasteiger partial charge in [0.25, 0.3) is 0 Å². The SMILES string of the molecule is Cc1cccc(CC(C(=O)Nc2ccc3c(=O)oncc3c2)c2ccccc2)c1. The van der Waals surface area contributed by atoms with Crippen molar-refractivity contribution in [3.05, 3.63) is 106 Å². The van der Waals surface area contributed by atoms with E-state index < -0.39 is 5.63 Å². The van der Waals surface area contributed by atoms with Gasteiger partial charge < -0.3 is 9.84 Å². The van der Waals surface area contributed by atoms with Crippen LogP contribution >= 0.6 is 0 Å². The summed E-state index contributed by atoms with van der Waals surface area (Å²) >= 11 is 0. The average Bonchev–Trinajstić information content (AvgIpc) is 2.73. The van der Waals surface area contributed by atoms with Gasteiger partial charge in [-0.05, 0) is 42.7 Å². The van der Waals surface area contributed by atoms with E-state index in [1.54, 1.807) is 18.2 Å². The van der Waals surface area contributed by atoms with Gasteiger partial charge in [0, 0.05) is 11.1 Å². The van der Waals surface area contributed by atoms with Crippen LogP contribution in [0.15, 0.2) is 88.3 Å². The Kier molecular flexibility index (Phi) is 5.20. The third-order valence-electron chi connectivity index (χ3n) is 4.91. The number of amides is 1. The van der Waals surface area contributed by atoms with Gasteiger partial charge in [-0.3, -0.25) is 4.79 Å². The van der Waals surface area contributed by atoms with Crippen LogP contribution in [0.25, 0.3) is 10.8 Å². The molecule has 1 amide bonds. The molecule has 4 rings (SSSR count). The van der Waals surface area contributed by atoms with E-state index in [2.05, 4.69) is 21.1 Å². The fourth-order valence-corrected chi connectivity index (χ4v) is 3.46. The smallest absolute Gasteiger partial charge is 0.326 e. The molecule has 0 saturated heterocycles. The van der Waals surface area contributed by atoms with Crippen molar-refractivity contribution in [2.45, 2.75) is 19.3 Å². The van der Waals surface area contributed by atoms with Crippen molar-refractivity contribution in [2.24, 2.45) is 0 Å². The van der Waals surface area contributed by atoms with E-state index in [0.29, 0.717) is 22.9 Å². The standard InChI is InChI=1S/C24H20N2O3/c1-16-6-5-7-17(12-16)13-22(18-8-3-2-4-9-18)23(27)26-20-10-11-21-19(14-20)15-25-29-24(21)28/h2-12,14-15,22H,13H2,1H3,(H,26,27). The number of aryl methyl sites for hydroxylation is 1. The second-order valence-corrected chi connectivity index (χ2v) is 7.06. The Hall–Kier alpha value is -3.73. The van der Waals surface area contributed by atoms with Crippen molar-refractivity contribution in [1.29, 1.82) is 0 Å². The lowest BCUT2D eigenvalue weighted by molar-refractivity contribution is -0.117. The number of fused-ring (bicyclic) bond motifs is 1.